The number of para-hydroxylation sites is 1. The second-order valence-electron chi connectivity index (χ2n) is 5.01. The van der Waals surface area contributed by atoms with Crippen molar-refractivity contribution >= 4 is 16.9 Å². The second kappa shape index (κ2) is 3.91. The van der Waals surface area contributed by atoms with Crippen molar-refractivity contribution in [1.29, 1.82) is 0 Å². The average Bonchev–Trinajstić information content (AvgIpc) is 2.56. The van der Waals surface area contributed by atoms with Crippen molar-refractivity contribution in [3.05, 3.63) is 35.6 Å². The number of furan rings is 1. The van der Waals surface area contributed by atoms with Gasteiger partial charge in [-0.1, -0.05) is 32.0 Å². The third-order valence-corrected chi connectivity index (χ3v) is 3.05. The normalized spacial score (nSPS) is 11.9. The van der Waals surface area contributed by atoms with Gasteiger partial charge in [-0.05, 0) is 18.6 Å². The number of carbonyl (C=O) groups is 1. The Balaban J connectivity index is 2.55. The van der Waals surface area contributed by atoms with E-state index in [4.69, 9.17) is 9.52 Å². The average molecular weight is 232 g/mol. The van der Waals surface area contributed by atoms with Crippen LogP contribution in [0.5, 0.6) is 0 Å². The molecule has 90 valence electrons. The molecular weight excluding hydrogens is 216 g/mol. The lowest BCUT2D eigenvalue weighted by Crippen LogP contribution is -2.21. The Kier molecular flexibility index (Phi) is 2.69. The summed E-state index contributed by atoms with van der Waals surface area (Å²) >= 11 is 0. The zero-order valence-corrected chi connectivity index (χ0v) is 10.3. The predicted molar refractivity (Wildman–Crippen MR) is 66.2 cm³/mol. The summed E-state index contributed by atoms with van der Waals surface area (Å²) in [6.45, 7) is 5.77. The molecule has 0 fully saturated rings. The number of rotatable bonds is 3. The van der Waals surface area contributed by atoms with Crippen molar-refractivity contribution in [2.75, 3.05) is 0 Å². The van der Waals surface area contributed by atoms with Gasteiger partial charge in [0.05, 0.1) is 6.42 Å². The van der Waals surface area contributed by atoms with Crippen molar-refractivity contribution in [1.82, 2.24) is 0 Å². The monoisotopic (exact) mass is 232 g/mol. The predicted octanol–water partition coefficient (Wildman–Crippen LogP) is 3.49. The first-order valence-corrected chi connectivity index (χ1v) is 5.62. The van der Waals surface area contributed by atoms with Crippen molar-refractivity contribution in [3.8, 4) is 0 Å². The molecular formula is C14H16O3. The Morgan fingerprint density at radius 3 is 2.59 bits per heavy atom. The van der Waals surface area contributed by atoms with Gasteiger partial charge in [-0.15, -0.1) is 0 Å². The minimum atomic E-state index is -0.810. The van der Waals surface area contributed by atoms with E-state index in [0.29, 0.717) is 0 Å². The Morgan fingerprint density at radius 1 is 1.35 bits per heavy atom. The number of hydrogen-bond donors (Lipinski definition) is 1. The molecule has 1 aromatic carbocycles. The zero-order chi connectivity index (χ0) is 12.6. The fourth-order valence-electron chi connectivity index (χ4n) is 2.28. The van der Waals surface area contributed by atoms with E-state index in [9.17, 15) is 4.79 Å². The van der Waals surface area contributed by atoms with E-state index < -0.39 is 11.4 Å². The Morgan fingerprint density at radius 2 is 2.00 bits per heavy atom. The maximum absolute atomic E-state index is 10.9. The van der Waals surface area contributed by atoms with Gasteiger partial charge in [0, 0.05) is 10.8 Å². The SMILES string of the molecule is Cc1c(C(C)(C)CC(=O)O)oc2ccccc12. The van der Waals surface area contributed by atoms with Crippen LogP contribution in [0.3, 0.4) is 0 Å². The van der Waals surface area contributed by atoms with Crippen LogP contribution in [-0.2, 0) is 10.2 Å². The molecule has 0 aliphatic heterocycles. The van der Waals surface area contributed by atoms with Crippen LogP contribution >= 0.6 is 0 Å². The molecule has 0 spiro atoms. The van der Waals surface area contributed by atoms with E-state index in [1.807, 2.05) is 45.0 Å². The summed E-state index contributed by atoms with van der Waals surface area (Å²) in [6.07, 6.45) is 0.0632. The van der Waals surface area contributed by atoms with Gasteiger partial charge in [0.2, 0.25) is 0 Å². The van der Waals surface area contributed by atoms with Crippen molar-refractivity contribution in [2.45, 2.75) is 32.6 Å². The van der Waals surface area contributed by atoms with Crippen molar-refractivity contribution in [2.24, 2.45) is 0 Å². The summed E-state index contributed by atoms with van der Waals surface area (Å²) in [5.41, 5.74) is 1.36. The zero-order valence-electron chi connectivity index (χ0n) is 10.3. The number of aliphatic carboxylic acids is 1. The molecule has 2 aromatic rings. The fourth-order valence-corrected chi connectivity index (χ4v) is 2.28. The first-order chi connectivity index (χ1) is 7.92. The molecule has 17 heavy (non-hydrogen) atoms. The van der Waals surface area contributed by atoms with Crippen LogP contribution < -0.4 is 0 Å². The summed E-state index contributed by atoms with van der Waals surface area (Å²) < 4.78 is 5.80. The highest BCUT2D eigenvalue weighted by Crippen LogP contribution is 2.35. The molecule has 1 N–H and O–H groups in total. The third-order valence-electron chi connectivity index (χ3n) is 3.05. The fraction of sp³-hybridized carbons (Fsp3) is 0.357. The molecule has 2 rings (SSSR count). The number of carboxylic acids is 1. The number of aryl methyl sites for hydroxylation is 1. The summed E-state index contributed by atoms with van der Waals surface area (Å²) in [7, 11) is 0. The largest absolute Gasteiger partial charge is 0.481 e. The second-order valence-corrected chi connectivity index (χ2v) is 5.01. The lowest BCUT2D eigenvalue weighted by Gasteiger charge is -2.20. The molecule has 3 nitrogen and oxygen atoms in total. The molecule has 0 radical (unpaired) electrons. The van der Waals surface area contributed by atoms with Crippen LogP contribution in [0, 0.1) is 6.92 Å². The van der Waals surface area contributed by atoms with Gasteiger partial charge < -0.3 is 9.52 Å². The molecule has 0 saturated carbocycles. The van der Waals surface area contributed by atoms with Crippen LogP contribution in [-0.4, -0.2) is 11.1 Å². The maximum Gasteiger partial charge on any atom is 0.304 e. The van der Waals surface area contributed by atoms with E-state index in [1.165, 1.54) is 0 Å². The molecule has 0 saturated heterocycles. The molecule has 0 aliphatic carbocycles. The number of hydrogen-bond acceptors (Lipinski definition) is 2. The van der Waals surface area contributed by atoms with Crippen LogP contribution in [0.4, 0.5) is 0 Å². The lowest BCUT2D eigenvalue weighted by atomic mass is 9.84. The molecule has 0 unspecified atom stereocenters. The highest BCUT2D eigenvalue weighted by molar-refractivity contribution is 5.82. The van der Waals surface area contributed by atoms with Gasteiger partial charge in [-0.25, -0.2) is 0 Å². The van der Waals surface area contributed by atoms with Gasteiger partial charge in [-0.3, -0.25) is 4.79 Å². The van der Waals surface area contributed by atoms with Crippen LogP contribution in [0.2, 0.25) is 0 Å². The first kappa shape index (κ1) is 11.7. The highest BCUT2D eigenvalue weighted by atomic mass is 16.4. The van der Waals surface area contributed by atoms with E-state index in [1.54, 1.807) is 0 Å². The molecule has 1 aromatic heterocycles. The number of benzene rings is 1. The summed E-state index contributed by atoms with van der Waals surface area (Å²) in [6, 6.07) is 7.77. The Bertz CT molecular complexity index is 564. The van der Waals surface area contributed by atoms with Gasteiger partial charge in [0.1, 0.15) is 11.3 Å². The van der Waals surface area contributed by atoms with Gasteiger partial charge in [-0.2, -0.15) is 0 Å². The molecule has 0 aliphatic rings. The van der Waals surface area contributed by atoms with E-state index >= 15 is 0 Å². The van der Waals surface area contributed by atoms with Gasteiger partial charge in [0.25, 0.3) is 0 Å². The molecule has 3 heteroatoms. The van der Waals surface area contributed by atoms with Crippen molar-refractivity contribution < 1.29 is 14.3 Å². The van der Waals surface area contributed by atoms with E-state index in [2.05, 4.69) is 0 Å². The lowest BCUT2D eigenvalue weighted by molar-refractivity contribution is -0.138. The standard InChI is InChI=1S/C14H16O3/c1-9-10-6-4-5-7-11(10)17-13(9)14(2,3)8-12(15)16/h4-7H,8H2,1-3H3,(H,15,16). The molecule has 1 heterocycles. The number of fused-ring (bicyclic) bond motifs is 1. The smallest absolute Gasteiger partial charge is 0.304 e. The van der Waals surface area contributed by atoms with Gasteiger partial charge in [0.15, 0.2) is 0 Å². The minimum Gasteiger partial charge on any atom is -0.481 e. The van der Waals surface area contributed by atoms with E-state index in [0.717, 1.165) is 22.3 Å². The Labute approximate surface area is 100 Å². The topological polar surface area (TPSA) is 50.4 Å². The first-order valence-electron chi connectivity index (χ1n) is 5.62. The van der Waals surface area contributed by atoms with Crippen LogP contribution in [0.25, 0.3) is 11.0 Å². The quantitative estimate of drug-likeness (QED) is 0.881. The maximum atomic E-state index is 10.9. The number of carboxylic acid groups (broad SMARTS) is 1. The Hall–Kier alpha value is -1.77. The molecule has 0 atom stereocenters. The molecule has 0 amide bonds. The van der Waals surface area contributed by atoms with Crippen molar-refractivity contribution in [3.63, 3.8) is 0 Å². The summed E-state index contributed by atoms with van der Waals surface area (Å²) in [4.78, 5) is 10.9. The van der Waals surface area contributed by atoms with Crippen LogP contribution in [0.15, 0.2) is 28.7 Å². The summed E-state index contributed by atoms with van der Waals surface area (Å²) in [5, 5.41) is 9.99. The highest BCUT2D eigenvalue weighted by Gasteiger charge is 2.30. The van der Waals surface area contributed by atoms with Crippen LogP contribution in [0.1, 0.15) is 31.6 Å². The van der Waals surface area contributed by atoms with E-state index in [-0.39, 0.29) is 6.42 Å². The molecule has 0 bridgehead atoms. The van der Waals surface area contributed by atoms with Gasteiger partial charge >= 0.3 is 5.97 Å². The summed E-state index contributed by atoms with van der Waals surface area (Å²) in [5.74, 6) is -0.0454. The minimum absolute atomic E-state index is 0.0632. The third kappa shape index (κ3) is 2.05.